The Hall–Kier alpha value is -4.16. The molecule has 55 heavy (non-hydrogen) atoms. The molecule has 298 valence electrons. The Kier molecular flexibility index (Phi) is 13.9. The summed E-state index contributed by atoms with van der Waals surface area (Å²) in [6.07, 6.45) is 4.12. The van der Waals surface area contributed by atoms with Gasteiger partial charge in [0.05, 0.1) is 12.6 Å². The number of nitrogens with one attached hydrogen (secondary N) is 3. The number of carbonyl (C=O) groups excluding carboxylic acids is 6. The number of carbonyl (C=O) groups is 6. The van der Waals surface area contributed by atoms with Crippen molar-refractivity contribution >= 4 is 64.4 Å². The Morgan fingerprint density at radius 2 is 1.56 bits per heavy atom. The zero-order valence-corrected chi connectivity index (χ0v) is 33.5. The number of ketones is 1. The Morgan fingerprint density at radius 1 is 0.927 bits per heavy atom. The molecule has 1 unspecified atom stereocenters. The maximum Gasteiger partial charge on any atom is 0.408 e. The Labute approximate surface area is 333 Å². The highest BCUT2D eigenvalue weighted by Crippen LogP contribution is 2.65. The van der Waals surface area contributed by atoms with Gasteiger partial charge in [0.25, 0.3) is 5.91 Å². The standard InChI is InChI=1S/C41H53Cl2N5O7/c1-5-15-30(35(50)37(52)44-23-22-31(49)47(28-20-13-8-14-21-28)24-26-16-9-6-10-17-26)45-36(51)34-32-29(41(32,42)43)25-48(34)38(53)33(27-18-11-7-12-19-27)46-39(54)55-40(2,3)4/h6,8-10,13-14,16-17,20-21,27,29-30,32-34H,5,7,11-12,15,18-19,22-25H2,1-4H3,(H,44,52)(H,45,51)(H,46,54)/t29-,30?,32-,33-,34-/m0/s1. The number of alkyl carbamates (subject to hydrolysis) is 1. The molecule has 5 atom stereocenters. The summed E-state index contributed by atoms with van der Waals surface area (Å²) in [6, 6.07) is 15.5. The highest BCUT2D eigenvalue weighted by Gasteiger charge is 2.74. The maximum atomic E-state index is 14.3. The molecule has 3 fully saturated rings. The lowest BCUT2D eigenvalue weighted by molar-refractivity contribution is -0.144. The third kappa shape index (κ3) is 10.6. The molecule has 5 amide bonds. The predicted molar refractivity (Wildman–Crippen MR) is 210 cm³/mol. The van der Waals surface area contributed by atoms with E-state index in [0.717, 1.165) is 37.7 Å². The lowest BCUT2D eigenvalue weighted by Crippen LogP contribution is -2.60. The van der Waals surface area contributed by atoms with E-state index in [9.17, 15) is 28.8 Å². The molecule has 1 saturated heterocycles. The van der Waals surface area contributed by atoms with E-state index in [-0.39, 0.29) is 43.7 Å². The van der Waals surface area contributed by atoms with Gasteiger partial charge in [-0.2, -0.15) is 0 Å². The smallest absolute Gasteiger partial charge is 0.408 e. The number of amides is 5. The number of halogens is 2. The highest BCUT2D eigenvalue weighted by atomic mass is 35.5. The molecule has 0 spiro atoms. The lowest BCUT2D eigenvalue weighted by Gasteiger charge is -2.36. The number of piperidine rings is 1. The molecule has 5 rings (SSSR count). The lowest BCUT2D eigenvalue weighted by atomic mass is 9.83. The molecule has 3 N–H and O–H groups in total. The fourth-order valence-electron chi connectivity index (χ4n) is 7.77. The molecule has 3 aliphatic rings. The van der Waals surface area contributed by atoms with Crippen molar-refractivity contribution in [3.63, 3.8) is 0 Å². The van der Waals surface area contributed by atoms with Crippen molar-refractivity contribution in [1.29, 1.82) is 0 Å². The molecule has 0 radical (unpaired) electrons. The third-order valence-corrected chi connectivity index (χ3v) is 11.6. The van der Waals surface area contributed by atoms with Crippen LogP contribution in [0, 0.1) is 17.8 Å². The molecule has 14 heteroatoms. The minimum absolute atomic E-state index is 0.0687. The number of hydrogen-bond donors (Lipinski definition) is 3. The number of ether oxygens (including phenoxy) is 1. The van der Waals surface area contributed by atoms with Gasteiger partial charge in [0.1, 0.15) is 22.0 Å². The highest BCUT2D eigenvalue weighted by molar-refractivity contribution is 6.51. The van der Waals surface area contributed by atoms with Crippen molar-refractivity contribution in [2.45, 2.75) is 114 Å². The van der Waals surface area contributed by atoms with Crippen LogP contribution in [0.3, 0.4) is 0 Å². The molecule has 1 heterocycles. The second kappa shape index (κ2) is 18.2. The predicted octanol–water partition coefficient (Wildman–Crippen LogP) is 5.68. The molecular formula is C41H53Cl2N5O7. The number of anilines is 1. The van der Waals surface area contributed by atoms with Gasteiger partial charge in [0.2, 0.25) is 23.5 Å². The molecule has 2 saturated carbocycles. The number of nitrogens with zero attached hydrogens (tertiary/aromatic N) is 2. The van der Waals surface area contributed by atoms with Crippen molar-refractivity contribution in [2.24, 2.45) is 17.8 Å². The van der Waals surface area contributed by atoms with Crippen molar-refractivity contribution < 1.29 is 33.5 Å². The molecule has 0 aromatic heterocycles. The van der Waals surface area contributed by atoms with E-state index in [1.54, 1.807) is 25.7 Å². The van der Waals surface area contributed by atoms with Crippen LogP contribution in [0.4, 0.5) is 10.5 Å². The average molecular weight is 799 g/mol. The largest absolute Gasteiger partial charge is 0.444 e. The second-order valence-electron chi connectivity index (χ2n) is 15.8. The first-order chi connectivity index (χ1) is 26.1. The molecule has 2 aromatic carbocycles. The van der Waals surface area contributed by atoms with Gasteiger partial charge in [-0.15, -0.1) is 23.2 Å². The van der Waals surface area contributed by atoms with E-state index < -0.39 is 63.6 Å². The van der Waals surface area contributed by atoms with Gasteiger partial charge >= 0.3 is 6.09 Å². The van der Waals surface area contributed by atoms with Crippen molar-refractivity contribution in [3.8, 4) is 0 Å². The molecule has 0 bridgehead atoms. The van der Waals surface area contributed by atoms with E-state index in [2.05, 4.69) is 16.0 Å². The average Bonchev–Trinajstić information content (AvgIpc) is 3.45. The fraction of sp³-hybridized carbons (Fsp3) is 0.561. The van der Waals surface area contributed by atoms with Gasteiger partial charge < -0.3 is 30.5 Å². The van der Waals surface area contributed by atoms with E-state index in [1.165, 1.54) is 4.90 Å². The molecule has 1 aliphatic heterocycles. The molecule has 2 aliphatic carbocycles. The minimum atomic E-state index is -1.25. The van der Waals surface area contributed by atoms with E-state index in [1.807, 2.05) is 67.6 Å². The summed E-state index contributed by atoms with van der Waals surface area (Å²) < 4.78 is 4.25. The molecular weight excluding hydrogens is 745 g/mol. The monoisotopic (exact) mass is 797 g/mol. The molecule has 12 nitrogen and oxygen atoms in total. The van der Waals surface area contributed by atoms with Crippen LogP contribution in [0.2, 0.25) is 0 Å². The fourth-order valence-corrected chi connectivity index (χ4v) is 8.60. The Balaban J connectivity index is 1.24. The van der Waals surface area contributed by atoms with Gasteiger partial charge in [0, 0.05) is 37.0 Å². The zero-order chi connectivity index (χ0) is 39.9. The number of alkyl halides is 2. The SMILES string of the molecule is CCCC(NC(=O)[C@@H]1[C@@H]2[C@H](CN1C(=O)[C@@H](NC(=O)OC(C)(C)C)C1CCCCC1)C2(Cl)Cl)C(=O)C(=O)NCCC(=O)N(Cc1ccccc1)c1ccccc1. The number of Topliss-reactive ketones (excluding diaryl/α,β-unsaturated/α-hetero) is 1. The van der Waals surface area contributed by atoms with Crippen LogP contribution in [0.5, 0.6) is 0 Å². The number of benzene rings is 2. The van der Waals surface area contributed by atoms with Crippen LogP contribution in [0.15, 0.2) is 60.7 Å². The Bertz CT molecular complexity index is 1700. The van der Waals surface area contributed by atoms with E-state index in [4.69, 9.17) is 27.9 Å². The second-order valence-corrected chi connectivity index (χ2v) is 17.2. The van der Waals surface area contributed by atoms with Crippen LogP contribution < -0.4 is 20.9 Å². The normalized spacial score (nSPS) is 21.3. The van der Waals surface area contributed by atoms with Gasteiger partial charge in [-0.3, -0.25) is 24.0 Å². The summed E-state index contributed by atoms with van der Waals surface area (Å²) in [5.74, 6) is -4.29. The van der Waals surface area contributed by atoms with Crippen molar-refractivity contribution in [1.82, 2.24) is 20.9 Å². The summed E-state index contributed by atoms with van der Waals surface area (Å²) >= 11 is 13.2. The van der Waals surface area contributed by atoms with E-state index >= 15 is 0 Å². The number of fused-ring (bicyclic) bond motifs is 1. The summed E-state index contributed by atoms with van der Waals surface area (Å²) in [5.41, 5.74) is 0.846. The molecule has 2 aromatic rings. The number of para-hydroxylation sites is 1. The van der Waals surface area contributed by atoms with Crippen LogP contribution >= 0.6 is 23.2 Å². The van der Waals surface area contributed by atoms with Crippen LogP contribution in [-0.4, -0.2) is 81.6 Å². The summed E-state index contributed by atoms with van der Waals surface area (Å²) in [5, 5.41) is 8.09. The number of likely N-dealkylation sites (tertiary alicyclic amines) is 1. The number of rotatable bonds is 15. The Morgan fingerprint density at radius 3 is 2.18 bits per heavy atom. The van der Waals surface area contributed by atoms with Gasteiger partial charge in [0.15, 0.2) is 0 Å². The topological polar surface area (TPSA) is 154 Å². The summed E-state index contributed by atoms with van der Waals surface area (Å²) in [4.78, 5) is 84.5. The summed E-state index contributed by atoms with van der Waals surface area (Å²) in [6.45, 7) is 7.35. The maximum absolute atomic E-state index is 14.3. The first-order valence-corrected chi connectivity index (χ1v) is 20.1. The van der Waals surface area contributed by atoms with Crippen LogP contribution in [0.25, 0.3) is 0 Å². The van der Waals surface area contributed by atoms with E-state index in [0.29, 0.717) is 18.7 Å². The van der Waals surface area contributed by atoms with Crippen molar-refractivity contribution in [2.75, 3.05) is 18.0 Å². The zero-order valence-electron chi connectivity index (χ0n) is 32.0. The van der Waals surface area contributed by atoms with Gasteiger partial charge in [-0.1, -0.05) is 81.1 Å². The minimum Gasteiger partial charge on any atom is -0.444 e. The first-order valence-electron chi connectivity index (χ1n) is 19.3. The van der Waals surface area contributed by atoms with Gasteiger partial charge in [-0.05, 0) is 63.6 Å². The van der Waals surface area contributed by atoms with Crippen LogP contribution in [0.1, 0.15) is 84.6 Å². The first kappa shape index (κ1) is 42.0. The van der Waals surface area contributed by atoms with Crippen LogP contribution in [-0.2, 0) is 35.3 Å². The number of hydrogen-bond acceptors (Lipinski definition) is 7. The quantitative estimate of drug-likeness (QED) is 0.155. The third-order valence-electron chi connectivity index (χ3n) is 10.6. The summed E-state index contributed by atoms with van der Waals surface area (Å²) in [7, 11) is 0. The van der Waals surface area contributed by atoms with Crippen molar-refractivity contribution in [3.05, 3.63) is 66.2 Å². The van der Waals surface area contributed by atoms with Gasteiger partial charge in [-0.25, -0.2) is 4.79 Å².